The summed E-state index contributed by atoms with van der Waals surface area (Å²) in [5, 5.41) is 0. The number of esters is 1. The topological polar surface area (TPSA) is 35.5 Å². The molecule has 3 rings (SSSR count). The van der Waals surface area contributed by atoms with Gasteiger partial charge in [0.2, 0.25) is 0 Å². The first-order valence-corrected chi connectivity index (χ1v) is 8.59. The van der Waals surface area contributed by atoms with Crippen LogP contribution < -0.4 is 4.74 Å². The van der Waals surface area contributed by atoms with Crippen molar-refractivity contribution in [3.8, 4) is 11.5 Å². The molecule has 0 spiro atoms. The van der Waals surface area contributed by atoms with E-state index in [0.29, 0.717) is 0 Å². The van der Waals surface area contributed by atoms with Crippen molar-refractivity contribution in [2.24, 2.45) is 17.3 Å². The predicted molar refractivity (Wildman–Crippen MR) is 98.4 cm³/mol. The van der Waals surface area contributed by atoms with Crippen molar-refractivity contribution in [1.29, 1.82) is 0 Å². The van der Waals surface area contributed by atoms with E-state index in [4.69, 9.17) is 9.47 Å². The van der Waals surface area contributed by atoms with Crippen LogP contribution in [0.25, 0.3) is 0 Å². The zero-order valence-corrected chi connectivity index (χ0v) is 14.9. The Bertz CT molecular complexity index is 764. The molecule has 3 nitrogen and oxygen atoms in total. The number of rotatable bonds is 6. The summed E-state index contributed by atoms with van der Waals surface area (Å²) in [6.45, 7) is 9.85. The van der Waals surface area contributed by atoms with Crippen molar-refractivity contribution in [2.45, 2.75) is 26.9 Å². The van der Waals surface area contributed by atoms with E-state index in [-0.39, 0.29) is 29.3 Å². The van der Waals surface area contributed by atoms with Gasteiger partial charge in [-0.1, -0.05) is 50.3 Å². The molecule has 3 heteroatoms. The molecule has 1 aliphatic rings. The SMILES string of the molecule is C=CC1C(C(=O)OC(C)c2cccc(Oc3ccccc3)c2)C1(C)C. The smallest absolute Gasteiger partial charge is 0.310 e. The van der Waals surface area contributed by atoms with Gasteiger partial charge in [0, 0.05) is 0 Å². The first-order chi connectivity index (χ1) is 11.9. The van der Waals surface area contributed by atoms with Crippen LogP contribution in [0.15, 0.2) is 67.3 Å². The number of hydrogen-bond acceptors (Lipinski definition) is 3. The van der Waals surface area contributed by atoms with E-state index < -0.39 is 0 Å². The Hall–Kier alpha value is -2.55. The molecule has 2 aromatic rings. The molecule has 0 aliphatic heterocycles. The summed E-state index contributed by atoms with van der Waals surface area (Å²) >= 11 is 0. The Balaban J connectivity index is 1.66. The van der Waals surface area contributed by atoms with E-state index >= 15 is 0 Å². The minimum absolute atomic E-state index is 0.0587. The van der Waals surface area contributed by atoms with Crippen molar-refractivity contribution in [3.63, 3.8) is 0 Å². The summed E-state index contributed by atoms with van der Waals surface area (Å²) in [5.74, 6) is 1.44. The molecule has 1 aliphatic carbocycles. The van der Waals surface area contributed by atoms with Crippen LogP contribution in [0, 0.1) is 17.3 Å². The zero-order chi connectivity index (χ0) is 18.0. The highest BCUT2D eigenvalue weighted by Crippen LogP contribution is 2.59. The molecule has 0 saturated heterocycles. The summed E-state index contributed by atoms with van der Waals surface area (Å²) in [6.07, 6.45) is 1.53. The summed E-state index contributed by atoms with van der Waals surface area (Å²) in [6, 6.07) is 17.3. The average Bonchev–Trinajstić information content (AvgIpc) is 3.17. The average molecular weight is 336 g/mol. The van der Waals surface area contributed by atoms with E-state index in [1.165, 1.54) is 0 Å². The number of hydrogen-bond donors (Lipinski definition) is 0. The van der Waals surface area contributed by atoms with Gasteiger partial charge in [0.05, 0.1) is 5.92 Å². The highest BCUT2D eigenvalue weighted by Gasteiger charge is 2.61. The van der Waals surface area contributed by atoms with Gasteiger partial charge < -0.3 is 9.47 Å². The van der Waals surface area contributed by atoms with E-state index in [9.17, 15) is 4.79 Å². The Morgan fingerprint density at radius 3 is 2.44 bits per heavy atom. The first kappa shape index (κ1) is 17.3. The summed E-state index contributed by atoms with van der Waals surface area (Å²) in [7, 11) is 0. The Kier molecular flexibility index (Phi) is 4.67. The van der Waals surface area contributed by atoms with Gasteiger partial charge in [-0.2, -0.15) is 0 Å². The van der Waals surface area contributed by atoms with Crippen LogP contribution in [0.5, 0.6) is 11.5 Å². The lowest BCUT2D eigenvalue weighted by atomic mass is 10.1. The van der Waals surface area contributed by atoms with Crippen LogP contribution >= 0.6 is 0 Å². The van der Waals surface area contributed by atoms with Crippen molar-refractivity contribution in [1.82, 2.24) is 0 Å². The van der Waals surface area contributed by atoms with Gasteiger partial charge in [-0.05, 0) is 48.1 Å². The number of ether oxygens (including phenoxy) is 2. The second-order valence-corrected chi connectivity index (χ2v) is 7.13. The molecule has 25 heavy (non-hydrogen) atoms. The number of allylic oxidation sites excluding steroid dienone is 1. The molecule has 130 valence electrons. The van der Waals surface area contributed by atoms with Crippen LogP contribution in [0.2, 0.25) is 0 Å². The maximum atomic E-state index is 12.4. The Morgan fingerprint density at radius 1 is 1.12 bits per heavy atom. The highest BCUT2D eigenvalue weighted by atomic mass is 16.5. The molecule has 0 bridgehead atoms. The van der Waals surface area contributed by atoms with Gasteiger partial charge in [0.25, 0.3) is 0 Å². The van der Waals surface area contributed by atoms with Crippen LogP contribution in [-0.2, 0) is 9.53 Å². The predicted octanol–water partition coefficient (Wildman–Crippen LogP) is 5.54. The molecule has 0 amide bonds. The van der Waals surface area contributed by atoms with E-state index in [2.05, 4.69) is 20.4 Å². The highest BCUT2D eigenvalue weighted by molar-refractivity contribution is 5.78. The van der Waals surface area contributed by atoms with Crippen LogP contribution in [0.1, 0.15) is 32.4 Å². The first-order valence-electron chi connectivity index (χ1n) is 8.59. The second-order valence-electron chi connectivity index (χ2n) is 7.13. The molecule has 1 saturated carbocycles. The molecule has 0 aromatic heterocycles. The van der Waals surface area contributed by atoms with Crippen LogP contribution in [0.4, 0.5) is 0 Å². The Morgan fingerprint density at radius 2 is 1.80 bits per heavy atom. The van der Waals surface area contributed by atoms with Crippen molar-refractivity contribution in [2.75, 3.05) is 0 Å². The lowest BCUT2D eigenvalue weighted by molar-refractivity contribution is -0.151. The quantitative estimate of drug-likeness (QED) is 0.513. The van der Waals surface area contributed by atoms with Gasteiger partial charge in [0.1, 0.15) is 17.6 Å². The van der Waals surface area contributed by atoms with Gasteiger partial charge >= 0.3 is 5.97 Å². The van der Waals surface area contributed by atoms with Gasteiger partial charge in [-0.15, -0.1) is 6.58 Å². The maximum Gasteiger partial charge on any atom is 0.310 e. The molecule has 0 heterocycles. The minimum atomic E-state index is -0.325. The molecular formula is C22H24O3. The maximum absolute atomic E-state index is 12.4. The standard InChI is InChI=1S/C22H24O3/c1-5-19-20(22(19,3)4)21(23)24-15(2)16-10-9-13-18(14-16)25-17-11-7-6-8-12-17/h5-15,19-20H,1H2,2-4H3. The lowest BCUT2D eigenvalue weighted by Gasteiger charge is -2.15. The summed E-state index contributed by atoms with van der Waals surface area (Å²) in [5.41, 5.74) is 0.854. The molecule has 3 unspecified atom stereocenters. The Labute approximate surface area is 149 Å². The molecule has 3 atom stereocenters. The molecule has 1 fully saturated rings. The van der Waals surface area contributed by atoms with E-state index in [0.717, 1.165) is 17.1 Å². The normalized spacial score (nSPS) is 21.9. The van der Waals surface area contributed by atoms with Crippen molar-refractivity contribution >= 4 is 5.97 Å². The van der Waals surface area contributed by atoms with E-state index in [1.807, 2.05) is 67.6 Å². The van der Waals surface area contributed by atoms with Gasteiger partial charge in [0.15, 0.2) is 0 Å². The molecule has 0 radical (unpaired) electrons. The molecule has 2 aromatic carbocycles. The third-order valence-corrected chi connectivity index (χ3v) is 5.02. The lowest BCUT2D eigenvalue weighted by Crippen LogP contribution is -2.13. The monoisotopic (exact) mass is 336 g/mol. The molecular weight excluding hydrogens is 312 g/mol. The second kappa shape index (κ2) is 6.75. The summed E-state index contributed by atoms with van der Waals surface area (Å²) < 4.78 is 11.5. The third kappa shape index (κ3) is 3.60. The van der Waals surface area contributed by atoms with Crippen LogP contribution in [-0.4, -0.2) is 5.97 Å². The summed E-state index contributed by atoms with van der Waals surface area (Å²) in [4.78, 5) is 12.4. The largest absolute Gasteiger partial charge is 0.458 e. The number of carbonyl (C=O) groups is 1. The fourth-order valence-corrected chi connectivity index (χ4v) is 3.34. The van der Waals surface area contributed by atoms with Crippen molar-refractivity contribution < 1.29 is 14.3 Å². The number of para-hydroxylation sites is 1. The molecule has 0 N–H and O–H groups in total. The zero-order valence-electron chi connectivity index (χ0n) is 14.9. The van der Waals surface area contributed by atoms with Gasteiger partial charge in [-0.25, -0.2) is 0 Å². The van der Waals surface area contributed by atoms with Crippen LogP contribution in [0.3, 0.4) is 0 Å². The third-order valence-electron chi connectivity index (χ3n) is 5.02. The van der Waals surface area contributed by atoms with E-state index in [1.54, 1.807) is 0 Å². The minimum Gasteiger partial charge on any atom is -0.458 e. The van der Waals surface area contributed by atoms with Crippen molar-refractivity contribution in [3.05, 3.63) is 72.8 Å². The fraction of sp³-hybridized carbons (Fsp3) is 0.318. The van der Waals surface area contributed by atoms with Gasteiger partial charge in [-0.3, -0.25) is 4.79 Å². The fourth-order valence-electron chi connectivity index (χ4n) is 3.34. The number of benzene rings is 2. The number of carbonyl (C=O) groups excluding carboxylic acids is 1.